The summed E-state index contributed by atoms with van der Waals surface area (Å²) in [7, 11) is 1.95. The fraction of sp³-hybridized carbons (Fsp3) is 0.900. The number of rotatable bonds is 9. The predicted octanol–water partition coefficient (Wildman–Crippen LogP) is 3.24. The van der Waals surface area contributed by atoms with E-state index < -0.39 is 18.6 Å². The van der Waals surface area contributed by atoms with Crippen LogP contribution in [0, 0.1) is 0 Å². The van der Waals surface area contributed by atoms with Gasteiger partial charge in [-0.3, -0.25) is 0 Å². The summed E-state index contributed by atoms with van der Waals surface area (Å²) in [6.45, 7) is 0.197. The lowest BCUT2D eigenvalue weighted by Crippen LogP contribution is -2.10. The summed E-state index contributed by atoms with van der Waals surface area (Å²) in [6, 6.07) is 0. The van der Waals surface area contributed by atoms with Gasteiger partial charge < -0.3 is 9.26 Å². The highest BCUT2D eigenvalue weighted by Crippen LogP contribution is 2.22. The molecule has 0 N–H and O–H groups in total. The van der Waals surface area contributed by atoms with Crippen LogP contribution in [-0.4, -0.2) is 25.4 Å². The van der Waals surface area contributed by atoms with Crippen molar-refractivity contribution in [2.45, 2.75) is 44.7 Å². The van der Waals surface area contributed by atoms with E-state index in [2.05, 4.69) is 4.52 Å². The second-order valence-electron chi connectivity index (χ2n) is 3.66. The third kappa shape index (κ3) is 13.6. The largest absolute Gasteiger partial charge is 0.464 e. The van der Waals surface area contributed by atoms with Gasteiger partial charge in [0.15, 0.2) is 0 Å². The Balaban J connectivity index is 3.16. The Morgan fingerprint density at radius 3 is 2.24 bits per heavy atom. The van der Waals surface area contributed by atoms with Crippen molar-refractivity contribution in [3.63, 3.8) is 0 Å². The Bertz CT molecular complexity index is 209. The van der Waals surface area contributed by atoms with Crippen molar-refractivity contribution >= 4 is 15.4 Å². The monoisotopic (exact) mass is 274 g/mol. The molecular weight excluding hydrogens is 256 g/mol. The summed E-state index contributed by atoms with van der Waals surface area (Å²) < 4.78 is 44.6. The molecule has 0 aromatic heterocycles. The number of hydrogen-bond donors (Lipinski definition) is 0. The zero-order valence-corrected chi connectivity index (χ0v) is 10.7. The summed E-state index contributed by atoms with van der Waals surface area (Å²) in [5, 5.41) is 0. The molecule has 0 aromatic rings. The first-order valence-corrected chi connectivity index (χ1v) is 5.97. The van der Waals surface area contributed by atoms with E-state index in [0.717, 1.165) is 12.8 Å². The van der Waals surface area contributed by atoms with Crippen LogP contribution < -0.4 is 0 Å². The van der Waals surface area contributed by atoms with E-state index in [1.54, 1.807) is 0 Å². The molecule has 0 heterocycles. The van der Waals surface area contributed by atoms with Crippen LogP contribution in [0.15, 0.2) is 0 Å². The predicted molar refractivity (Wildman–Crippen MR) is 60.4 cm³/mol. The maximum absolute atomic E-state index is 11.8. The normalized spacial score (nSPS) is 11.5. The lowest BCUT2D eigenvalue weighted by molar-refractivity contribution is -0.145. The number of unbranched alkanes of at least 4 members (excludes halogenated alkanes) is 4. The summed E-state index contributed by atoms with van der Waals surface area (Å²) in [6.07, 6.45) is -1.86. The van der Waals surface area contributed by atoms with Gasteiger partial charge in [0, 0.05) is 15.9 Å². The van der Waals surface area contributed by atoms with Crippen molar-refractivity contribution in [3.8, 4) is 0 Å². The minimum atomic E-state index is -4.05. The average Bonchev–Trinajstić information content (AvgIpc) is 2.21. The molecular formula is C10H18F3O3P. The van der Waals surface area contributed by atoms with Gasteiger partial charge >= 0.3 is 12.1 Å². The lowest BCUT2D eigenvalue weighted by atomic mass is 10.1. The van der Waals surface area contributed by atoms with Gasteiger partial charge in [-0.05, 0) is 12.8 Å². The Hall–Kier alpha value is -0.350. The first kappa shape index (κ1) is 16.6. The maximum Gasteiger partial charge on any atom is 0.389 e. The molecule has 0 rings (SSSR count). The van der Waals surface area contributed by atoms with E-state index in [-0.39, 0.29) is 13.0 Å². The molecule has 17 heavy (non-hydrogen) atoms. The molecule has 102 valence electrons. The van der Waals surface area contributed by atoms with Gasteiger partial charge in [-0.1, -0.05) is 19.3 Å². The maximum atomic E-state index is 11.8. The quantitative estimate of drug-likeness (QED) is 0.368. The van der Waals surface area contributed by atoms with Gasteiger partial charge in [-0.15, -0.1) is 0 Å². The van der Waals surface area contributed by atoms with Crippen LogP contribution in [-0.2, 0) is 14.1 Å². The van der Waals surface area contributed by atoms with Crippen LogP contribution in [0.5, 0.6) is 0 Å². The summed E-state index contributed by atoms with van der Waals surface area (Å²) >= 11 is 0. The minimum absolute atomic E-state index is 0.101. The van der Waals surface area contributed by atoms with E-state index in [0.29, 0.717) is 19.4 Å². The van der Waals surface area contributed by atoms with E-state index in [1.165, 1.54) is 0 Å². The van der Waals surface area contributed by atoms with Crippen molar-refractivity contribution < 1.29 is 27.2 Å². The minimum Gasteiger partial charge on any atom is -0.464 e. The Morgan fingerprint density at radius 1 is 1.06 bits per heavy atom. The van der Waals surface area contributed by atoms with Gasteiger partial charge in [-0.2, -0.15) is 13.2 Å². The van der Waals surface area contributed by atoms with Crippen molar-refractivity contribution in [2.75, 3.05) is 13.2 Å². The van der Waals surface area contributed by atoms with Crippen molar-refractivity contribution in [3.05, 3.63) is 0 Å². The fourth-order valence-electron chi connectivity index (χ4n) is 1.25. The van der Waals surface area contributed by atoms with Gasteiger partial charge in [0.05, 0.1) is 6.61 Å². The van der Waals surface area contributed by atoms with Gasteiger partial charge in [0.2, 0.25) is 0 Å². The highest BCUT2D eigenvalue weighted by atomic mass is 31.0. The van der Waals surface area contributed by atoms with Crippen LogP contribution >= 0.6 is 9.47 Å². The van der Waals surface area contributed by atoms with Crippen LogP contribution in [0.25, 0.3) is 0 Å². The molecule has 0 aromatic carbocycles. The highest BCUT2D eigenvalue weighted by Gasteiger charge is 2.25. The molecule has 3 nitrogen and oxygen atoms in total. The van der Waals surface area contributed by atoms with Crippen molar-refractivity contribution in [1.29, 1.82) is 0 Å². The molecule has 0 bridgehead atoms. The number of alkyl halides is 3. The number of halogens is 3. The zero-order chi connectivity index (χ0) is 13.1. The number of hydrogen-bond acceptors (Lipinski definition) is 3. The Morgan fingerprint density at radius 2 is 1.65 bits per heavy atom. The van der Waals surface area contributed by atoms with Crippen LogP contribution in [0.2, 0.25) is 0 Å². The number of ether oxygens (including phenoxy) is 1. The molecule has 0 radical (unpaired) electrons. The van der Waals surface area contributed by atoms with E-state index in [1.807, 2.05) is 9.47 Å². The fourth-order valence-corrected chi connectivity index (χ4v) is 1.39. The first-order chi connectivity index (χ1) is 7.95. The van der Waals surface area contributed by atoms with E-state index in [9.17, 15) is 18.0 Å². The molecule has 0 aliphatic carbocycles. The smallest absolute Gasteiger partial charge is 0.389 e. The number of carbonyl (C=O) groups is 1. The highest BCUT2D eigenvalue weighted by molar-refractivity contribution is 7.09. The molecule has 1 unspecified atom stereocenters. The third-order valence-electron chi connectivity index (χ3n) is 2.07. The van der Waals surface area contributed by atoms with Crippen LogP contribution in [0.1, 0.15) is 38.5 Å². The van der Waals surface area contributed by atoms with Crippen molar-refractivity contribution in [1.82, 2.24) is 0 Å². The van der Waals surface area contributed by atoms with Gasteiger partial charge in [0.1, 0.15) is 6.61 Å². The zero-order valence-electron chi connectivity index (χ0n) is 9.59. The topological polar surface area (TPSA) is 35.5 Å². The molecule has 0 saturated heterocycles. The number of carbonyl (C=O) groups excluding carboxylic acids is 1. The third-order valence-corrected chi connectivity index (χ3v) is 2.24. The van der Waals surface area contributed by atoms with Crippen LogP contribution in [0.3, 0.4) is 0 Å². The average molecular weight is 274 g/mol. The first-order valence-electron chi connectivity index (χ1n) is 5.50. The molecule has 0 saturated carbocycles. The van der Waals surface area contributed by atoms with E-state index >= 15 is 0 Å². The molecule has 7 heteroatoms. The lowest BCUT2D eigenvalue weighted by Gasteiger charge is -2.06. The molecule has 0 aliphatic rings. The molecule has 0 amide bonds. The van der Waals surface area contributed by atoms with Gasteiger partial charge in [0.25, 0.3) is 0 Å². The Kier molecular flexibility index (Phi) is 9.46. The van der Waals surface area contributed by atoms with Gasteiger partial charge in [-0.25, -0.2) is 4.79 Å². The second-order valence-corrected chi connectivity index (χ2v) is 4.00. The standard InChI is InChI=1S/C10H18F3O3P/c11-10(12,13)6-4-2-1-3-5-7-15-9(14)8-16-17/h1-8,17H2. The Labute approximate surface area is 101 Å². The summed E-state index contributed by atoms with van der Waals surface area (Å²) in [5.41, 5.74) is 0. The molecule has 0 aliphatic heterocycles. The van der Waals surface area contributed by atoms with E-state index in [4.69, 9.17) is 4.74 Å². The SMILES string of the molecule is O=C(COP)OCCCCCCCC(F)(F)F. The summed E-state index contributed by atoms with van der Waals surface area (Å²) in [4.78, 5) is 10.8. The number of esters is 1. The summed E-state index contributed by atoms with van der Waals surface area (Å²) in [5.74, 6) is -0.433. The van der Waals surface area contributed by atoms with Crippen molar-refractivity contribution in [2.24, 2.45) is 0 Å². The molecule has 1 atom stereocenters. The molecule has 0 spiro atoms. The molecule has 0 fully saturated rings. The van der Waals surface area contributed by atoms with Crippen LogP contribution in [0.4, 0.5) is 13.2 Å². The second kappa shape index (κ2) is 9.66.